The minimum atomic E-state index is -0.248. The average Bonchev–Trinajstić information content (AvgIpc) is 2.64. The van der Waals surface area contributed by atoms with E-state index in [4.69, 9.17) is 11.6 Å². The fourth-order valence-electron chi connectivity index (χ4n) is 6.13. The van der Waals surface area contributed by atoms with E-state index in [1.807, 2.05) is 6.07 Å². The van der Waals surface area contributed by atoms with Crippen molar-refractivity contribution in [3.05, 3.63) is 46.3 Å². The van der Waals surface area contributed by atoms with Crippen molar-refractivity contribution in [2.24, 2.45) is 11.8 Å². The van der Waals surface area contributed by atoms with E-state index < -0.39 is 0 Å². The van der Waals surface area contributed by atoms with E-state index in [0.29, 0.717) is 11.1 Å². The lowest BCUT2D eigenvalue weighted by atomic mass is 9.68. The van der Waals surface area contributed by atoms with Gasteiger partial charge in [0.05, 0.1) is 0 Å². The highest BCUT2D eigenvalue weighted by Crippen LogP contribution is 2.45. The first-order valence-electron chi connectivity index (χ1n) is 10.3. The second-order valence-corrected chi connectivity index (χ2v) is 9.12. The zero-order valence-electron chi connectivity index (χ0n) is 15.3. The Labute approximate surface area is 161 Å². The molecule has 0 spiro atoms. The van der Waals surface area contributed by atoms with E-state index >= 15 is 0 Å². The molecule has 0 amide bonds. The molecule has 0 aromatic heterocycles. The van der Waals surface area contributed by atoms with Gasteiger partial charge in [-0.05, 0) is 74.7 Å². The molecule has 2 nitrogen and oxygen atoms in total. The fourth-order valence-corrected chi connectivity index (χ4v) is 6.36. The molecule has 2 bridgehead atoms. The molecule has 5 rings (SSSR count). The third-order valence-corrected chi connectivity index (χ3v) is 7.50. The topological polar surface area (TPSA) is 6.48 Å². The summed E-state index contributed by atoms with van der Waals surface area (Å²) in [5, 5.41) is 0.564. The zero-order valence-corrected chi connectivity index (χ0v) is 16.1. The molecule has 4 atom stereocenters. The lowest BCUT2D eigenvalue weighted by Crippen LogP contribution is -2.59. The summed E-state index contributed by atoms with van der Waals surface area (Å²) in [7, 11) is 0. The first kappa shape index (κ1) is 17.2. The van der Waals surface area contributed by atoms with Gasteiger partial charge in [-0.15, -0.1) is 0 Å². The van der Waals surface area contributed by atoms with Crippen LogP contribution >= 0.6 is 11.6 Å². The van der Waals surface area contributed by atoms with Crippen molar-refractivity contribution in [2.75, 3.05) is 19.6 Å². The largest absolute Gasteiger partial charge is 0.299 e. The summed E-state index contributed by atoms with van der Waals surface area (Å²) in [6, 6.07) is 6.22. The van der Waals surface area contributed by atoms with Crippen LogP contribution in [0.4, 0.5) is 4.39 Å². The number of fused-ring (bicyclic) bond motifs is 6. The Morgan fingerprint density at radius 3 is 2.96 bits per heavy atom. The smallest absolute Gasteiger partial charge is 0.124 e. The second-order valence-electron chi connectivity index (χ2n) is 8.71. The van der Waals surface area contributed by atoms with Gasteiger partial charge in [0.1, 0.15) is 5.82 Å². The maximum absolute atomic E-state index is 13.4. The summed E-state index contributed by atoms with van der Waals surface area (Å²) < 4.78 is 13.4. The third-order valence-electron chi connectivity index (χ3n) is 7.15. The van der Waals surface area contributed by atoms with Crippen molar-refractivity contribution >= 4 is 11.6 Å². The Kier molecular flexibility index (Phi) is 4.58. The Balaban J connectivity index is 1.42. The van der Waals surface area contributed by atoms with Crippen LogP contribution in [0, 0.1) is 17.7 Å². The number of hydrogen-bond acceptors (Lipinski definition) is 2. The maximum atomic E-state index is 13.4. The van der Waals surface area contributed by atoms with E-state index in [0.717, 1.165) is 36.5 Å². The Morgan fingerprint density at radius 1 is 1.15 bits per heavy atom. The lowest BCUT2D eigenvalue weighted by molar-refractivity contribution is -0.00264. The van der Waals surface area contributed by atoms with Crippen LogP contribution in [0.15, 0.2) is 29.8 Å². The molecule has 3 fully saturated rings. The molecule has 4 heteroatoms. The van der Waals surface area contributed by atoms with E-state index in [1.165, 1.54) is 63.7 Å². The Hall–Kier alpha value is -0.900. The van der Waals surface area contributed by atoms with Crippen LogP contribution in [0.25, 0.3) is 0 Å². The predicted molar refractivity (Wildman–Crippen MR) is 104 cm³/mol. The van der Waals surface area contributed by atoms with Gasteiger partial charge < -0.3 is 0 Å². The normalized spacial score (nSPS) is 34.8. The van der Waals surface area contributed by atoms with E-state index in [9.17, 15) is 4.39 Å². The summed E-state index contributed by atoms with van der Waals surface area (Å²) in [5.74, 6) is 1.27. The third kappa shape index (κ3) is 3.02. The fraction of sp³-hybridized carbons (Fsp3) is 0.636. The average molecular weight is 375 g/mol. The molecule has 3 heterocycles. The quantitative estimate of drug-likeness (QED) is 0.681. The molecule has 0 radical (unpaired) electrons. The molecule has 1 aromatic rings. The van der Waals surface area contributed by atoms with Gasteiger partial charge >= 0.3 is 0 Å². The second kappa shape index (κ2) is 6.92. The van der Waals surface area contributed by atoms with Gasteiger partial charge in [0.25, 0.3) is 0 Å². The Bertz CT molecular complexity index is 718. The number of likely N-dealkylation sites (tertiary alicyclic amines) is 1. The molecular formula is C22H28ClFN2. The van der Waals surface area contributed by atoms with Crippen LogP contribution in [-0.4, -0.2) is 41.5 Å². The zero-order chi connectivity index (χ0) is 17.7. The number of benzene rings is 1. The number of piperidine rings is 3. The van der Waals surface area contributed by atoms with Gasteiger partial charge in [-0.3, -0.25) is 9.80 Å². The van der Waals surface area contributed by atoms with Crippen LogP contribution < -0.4 is 0 Å². The summed E-state index contributed by atoms with van der Waals surface area (Å²) in [5.41, 5.74) is 2.74. The number of halogens is 2. The summed E-state index contributed by atoms with van der Waals surface area (Å²) in [4.78, 5) is 5.41. The standard InChI is InChI=1S/C22H28ClFN2/c23-20-12-19(24)7-6-16(20)13-26-9-3-4-15-10-17-11-18(22(15)26)14-25-8-2-1-5-21(17)25/h6-7,10,12,17-18,21-22H,1-5,8-9,11,13-14H2/t17?,18?,21-,22-/m1/s1. The van der Waals surface area contributed by atoms with Crippen molar-refractivity contribution in [3.63, 3.8) is 0 Å². The van der Waals surface area contributed by atoms with Gasteiger partial charge in [0.15, 0.2) is 0 Å². The monoisotopic (exact) mass is 374 g/mol. The minimum absolute atomic E-state index is 0.248. The van der Waals surface area contributed by atoms with Gasteiger partial charge in [0, 0.05) is 30.2 Å². The van der Waals surface area contributed by atoms with Crippen LogP contribution in [0.3, 0.4) is 0 Å². The van der Waals surface area contributed by atoms with Crippen LogP contribution in [0.1, 0.15) is 44.1 Å². The lowest BCUT2D eigenvalue weighted by Gasteiger charge is -2.54. The molecule has 1 aliphatic carbocycles. The highest BCUT2D eigenvalue weighted by atomic mass is 35.5. The Morgan fingerprint density at radius 2 is 2.08 bits per heavy atom. The SMILES string of the molecule is Fc1ccc(CN2CCCC3=CC4CC(CN5CCCC[C@H]45)[C@@H]32)c(Cl)c1. The van der Waals surface area contributed by atoms with Crippen molar-refractivity contribution in [1.82, 2.24) is 9.80 Å². The highest BCUT2D eigenvalue weighted by molar-refractivity contribution is 6.31. The van der Waals surface area contributed by atoms with Crippen molar-refractivity contribution < 1.29 is 4.39 Å². The van der Waals surface area contributed by atoms with E-state index in [1.54, 1.807) is 5.57 Å². The molecule has 0 N–H and O–H groups in total. The predicted octanol–water partition coefficient (Wildman–Crippen LogP) is 4.87. The van der Waals surface area contributed by atoms with E-state index in [2.05, 4.69) is 15.9 Å². The van der Waals surface area contributed by atoms with Crippen molar-refractivity contribution in [1.29, 1.82) is 0 Å². The number of nitrogens with zero attached hydrogens (tertiary/aromatic N) is 2. The van der Waals surface area contributed by atoms with Crippen LogP contribution in [0.2, 0.25) is 5.02 Å². The first-order chi connectivity index (χ1) is 12.7. The summed E-state index contributed by atoms with van der Waals surface area (Å²) in [6.07, 6.45) is 10.7. The molecule has 4 aliphatic rings. The van der Waals surface area contributed by atoms with Crippen molar-refractivity contribution in [2.45, 2.75) is 57.2 Å². The molecular weight excluding hydrogens is 347 g/mol. The first-order valence-corrected chi connectivity index (χ1v) is 10.7. The molecule has 140 valence electrons. The number of rotatable bonds is 2. The molecule has 3 saturated heterocycles. The molecule has 26 heavy (non-hydrogen) atoms. The van der Waals surface area contributed by atoms with Gasteiger partial charge in [-0.1, -0.05) is 35.7 Å². The molecule has 2 unspecified atom stereocenters. The van der Waals surface area contributed by atoms with Gasteiger partial charge in [-0.2, -0.15) is 0 Å². The van der Waals surface area contributed by atoms with Crippen LogP contribution in [0.5, 0.6) is 0 Å². The van der Waals surface area contributed by atoms with Crippen molar-refractivity contribution in [3.8, 4) is 0 Å². The molecule has 1 aromatic carbocycles. The molecule has 3 aliphatic heterocycles. The highest BCUT2D eigenvalue weighted by Gasteiger charge is 2.45. The van der Waals surface area contributed by atoms with E-state index in [-0.39, 0.29) is 5.82 Å². The minimum Gasteiger partial charge on any atom is -0.299 e. The van der Waals surface area contributed by atoms with Gasteiger partial charge in [0.2, 0.25) is 0 Å². The maximum Gasteiger partial charge on any atom is 0.124 e. The summed E-state index contributed by atoms with van der Waals surface area (Å²) in [6.45, 7) is 4.51. The summed E-state index contributed by atoms with van der Waals surface area (Å²) >= 11 is 6.33. The molecule has 0 saturated carbocycles. The number of hydrogen-bond donors (Lipinski definition) is 0. The van der Waals surface area contributed by atoms with Crippen LogP contribution in [-0.2, 0) is 6.54 Å². The van der Waals surface area contributed by atoms with Gasteiger partial charge in [-0.25, -0.2) is 4.39 Å².